The van der Waals surface area contributed by atoms with E-state index in [2.05, 4.69) is 15.9 Å². The van der Waals surface area contributed by atoms with Crippen LogP contribution in [0, 0.1) is 0 Å². The van der Waals surface area contributed by atoms with Gasteiger partial charge in [-0.25, -0.2) is 0 Å². The fourth-order valence-corrected chi connectivity index (χ4v) is 1.36. The second-order valence-electron chi connectivity index (χ2n) is 2.74. The second-order valence-corrected chi connectivity index (χ2v) is 3.65. The molecule has 0 spiro atoms. The summed E-state index contributed by atoms with van der Waals surface area (Å²) < 4.78 is 10.9. The molecule has 0 fully saturated rings. The molecule has 0 saturated heterocycles. The smallest absolute Gasteiger partial charge is 0.302 e. The van der Waals surface area contributed by atoms with Gasteiger partial charge in [-0.3, -0.25) is 4.79 Å². The number of hydrogen-bond donors (Lipinski definition) is 0. The number of halogens is 1. The van der Waals surface area contributed by atoms with Crippen molar-refractivity contribution in [1.29, 1.82) is 0 Å². The average Bonchev–Trinajstić information content (AvgIpc) is 2.15. The molecule has 0 bridgehead atoms. The molecule has 0 aliphatic carbocycles. The summed E-state index contributed by atoms with van der Waals surface area (Å²) in [6, 6.07) is 5.56. The Kier molecular flexibility index (Phi) is 3.95. The molecular formula is C10H11BrO3. The molecule has 0 N–H and O–H groups in total. The number of ether oxygens (including phenoxy) is 2. The minimum Gasteiger partial charge on any atom is -0.496 e. The Morgan fingerprint density at radius 1 is 1.50 bits per heavy atom. The minimum atomic E-state index is -0.296. The molecule has 3 nitrogen and oxygen atoms in total. The molecule has 1 aromatic rings. The molecule has 0 aliphatic rings. The minimum absolute atomic E-state index is 0.242. The Labute approximate surface area is 91.1 Å². The van der Waals surface area contributed by atoms with Gasteiger partial charge in [0.05, 0.1) is 7.11 Å². The summed E-state index contributed by atoms with van der Waals surface area (Å²) in [6.45, 7) is 1.62. The summed E-state index contributed by atoms with van der Waals surface area (Å²) in [5.74, 6) is 0.413. The lowest BCUT2D eigenvalue weighted by atomic mass is 10.2. The lowest BCUT2D eigenvalue weighted by Gasteiger charge is -2.08. The van der Waals surface area contributed by atoms with Gasteiger partial charge in [-0.15, -0.1) is 0 Å². The van der Waals surface area contributed by atoms with Crippen LogP contribution < -0.4 is 4.74 Å². The quantitative estimate of drug-likeness (QED) is 0.782. The van der Waals surface area contributed by atoms with Crippen LogP contribution in [0.25, 0.3) is 0 Å². The third-order valence-corrected chi connectivity index (χ3v) is 2.17. The molecule has 0 radical (unpaired) electrons. The van der Waals surface area contributed by atoms with Crippen LogP contribution in [-0.2, 0) is 16.1 Å². The monoisotopic (exact) mass is 258 g/mol. The zero-order valence-corrected chi connectivity index (χ0v) is 9.63. The Morgan fingerprint density at radius 3 is 2.79 bits per heavy atom. The van der Waals surface area contributed by atoms with Gasteiger partial charge in [-0.05, 0) is 12.1 Å². The molecule has 1 rings (SSSR count). The Balaban J connectivity index is 2.80. The van der Waals surface area contributed by atoms with Gasteiger partial charge in [0.1, 0.15) is 12.4 Å². The van der Waals surface area contributed by atoms with E-state index in [1.807, 2.05) is 18.2 Å². The van der Waals surface area contributed by atoms with E-state index < -0.39 is 0 Å². The first-order valence-corrected chi connectivity index (χ1v) is 4.88. The molecule has 0 aliphatic heterocycles. The van der Waals surface area contributed by atoms with E-state index in [4.69, 9.17) is 9.47 Å². The van der Waals surface area contributed by atoms with Crippen molar-refractivity contribution in [2.75, 3.05) is 7.11 Å². The van der Waals surface area contributed by atoms with Crippen LogP contribution >= 0.6 is 15.9 Å². The van der Waals surface area contributed by atoms with E-state index >= 15 is 0 Å². The van der Waals surface area contributed by atoms with E-state index in [-0.39, 0.29) is 12.6 Å². The summed E-state index contributed by atoms with van der Waals surface area (Å²) in [5, 5.41) is 0. The molecule has 0 heterocycles. The topological polar surface area (TPSA) is 35.5 Å². The lowest BCUT2D eigenvalue weighted by molar-refractivity contribution is -0.142. The van der Waals surface area contributed by atoms with E-state index in [0.717, 1.165) is 10.0 Å². The van der Waals surface area contributed by atoms with Crippen molar-refractivity contribution in [2.24, 2.45) is 0 Å². The fraction of sp³-hybridized carbons (Fsp3) is 0.300. The molecule has 0 aromatic heterocycles. The Morgan fingerprint density at radius 2 is 2.21 bits per heavy atom. The first-order chi connectivity index (χ1) is 6.63. The second kappa shape index (κ2) is 5.00. The normalized spacial score (nSPS) is 9.64. The van der Waals surface area contributed by atoms with Gasteiger partial charge in [-0.1, -0.05) is 22.0 Å². The van der Waals surface area contributed by atoms with Gasteiger partial charge in [0, 0.05) is 17.0 Å². The Hall–Kier alpha value is -1.03. The van der Waals surface area contributed by atoms with Crippen LogP contribution in [0.3, 0.4) is 0 Å². The zero-order valence-electron chi connectivity index (χ0n) is 8.04. The van der Waals surface area contributed by atoms with Gasteiger partial charge < -0.3 is 9.47 Å². The van der Waals surface area contributed by atoms with Gasteiger partial charge >= 0.3 is 5.97 Å². The molecule has 0 atom stereocenters. The molecule has 14 heavy (non-hydrogen) atoms. The third-order valence-electron chi connectivity index (χ3n) is 1.68. The van der Waals surface area contributed by atoms with E-state index in [1.165, 1.54) is 6.92 Å². The van der Waals surface area contributed by atoms with E-state index in [0.29, 0.717) is 5.75 Å². The number of esters is 1. The number of methoxy groups -OCH3 is 1. The van der Waals surface area contributed by atoms with Crippen LogP contribution in [-0.4, -0.2) is 13.1 Å². The maximum Gasteiger partial charge on any atom is 0.302 e. The Bertz CT molecular complexity index is 336. The average molecular weight is 259 g/mol. The molecule has 4 heteroatoms. The highest BCUT2D eigenvalue weighted by Gasteiger charge is 2.04. The molecular weight excluding hydrogens is 248 g/mol. The number of hydrogen-bond acceptors (Lipinski definition) is 3. The van der Waals surface area contributed by atoms with Gasteiger partial charge in [0.15, 0.2) is 0 Å². The van der Waals surface area contributed by atoms with Crippen molar-refractivity contribution in [1.82, 2.24) is 0 Å². The van der Waals surface area contributed by atoms with Gasteiger partial charge in [-0.2, -0.15) is 0 Å². The first-order valence-electron chi connectivity index (χ1n) is 4.09. The number of carbonyl (C=O) groups is 1. The van der Waals surface area contributed by atoms with Crippen molar-refractivity contribution in [3.05, 3.63) is 28.2 Å². The molecule has 0 unspecified atom stereocenters. The number of rotatable bonds is 3. The highest BCUT2D eigenvalue weighted by Crippen LogP contribution is 2.23. The van der Waals surface area contributed by atoms with Crippen molar-refractivity contribution in [3.63, 3.8) is 0 Å². The number of benzene rings is 1. The van der Waals surface area contributed by atoms with Crippen LogP contribution in [0.15, 0.2) is 22.7 Å². The molecule has 0 amide bonds. The van der Waals surface area contributed by atoms with Gasteiger partial charge in [0.2, 0.25) is 0 Å². The van der Waals surface area contributed by atoms with Crippen molar-refractivity contribution in [2.45, 2.75) is 13.5 Å². The van der Waals surface area contributed by atoms with Crippen LogP contribution in [0.4, 0.5) is 0 Å². The first kappa shape index (κ1) is 11.0. The van der Waals surface area contributed by atoms with Crippen LogP contribution in [0.1, 0.15) is 12.5 Å². The van der Waals surface area contributed by atoms with Crippen molar-refractivity contribution in [3.8, 4) is 5.75 Å². The largest absolute Gasteiger partial charge is 0.496 e. The highest BCUT2D eigenvalue weighted by atomic mass is 79.9. The molecule has 1 aromatic carbocycles. The van der Waals surface area contributed by atoms with Crippen molar-refractivity contribution >= 4 is 21.9 Å². The predicted molar refractivity (Wildman–Crippen MR) is 56.2 cm³/mol. The predicted octanol–water partition coefficient (Wildman–Crippen LogP) is 2.52. The zero-order chi connectivity index (χ0) is 10.6. The fourth-order valence-electron chi connectivity index (χ4n) is 1.02. The summed E-state index contributed by atoms with van der Waals surface area (Å²) in [7, 11) is 1.58. The third kappa shape index (κ3) is 3.03. The maximum atomic E-state index is 10.6. The van der Waals surface area contributed by atoms with Crippen LogP contribution in [0.2, 0.25) is 0 Å². The summed E-state index contributed by atoms with van der Waals surface area (Å²) in [5.41, 5.74) is 0.853. The van der Waals surface area contributed by atoms with Crippen molar-refractivity contribution < 1.29 is 14.3 Å². The molecule has 76 valence electrons. The summed E-state index contributed by atoms with van der Waals surface area (Å²) >= 11 is 3.33. The van der Waals surface area contributed by atoms with Gasteiger partial charge in [0.25, 0.3) is 0 Å². The molecule has 0 saturated carbocycles. The highest BCUT2D eigenvalue weighted by molar-refractivity contribution is 9.10. The standard InChI is InChI=1S/C10H11BrO3/c1-7(12)14-6-8-3-4-9(11)5-10(8)13-2/h3-5H,6H2,1-2H3. The summed E-state index contributed by atoms with van der Waals surface area (Å²) in [6.07, 6.45) is 0. The van der Waals surface area contributed by atoms with E-state index in [9.17, 15) is 4.79 Å². The van der Waals surface area contributed by atoms with Crippen LogP contribution in [0.5, 0.6) is 5.75 Å². The SMILES string of the molecule is COc1cc(Br)ccc1COC(C)=O. The van der Waals surface area contributed by atoms with E-state index in [1.54, 1.807) is 7.11 Å². The number of carbonyl (C=O) groups excluding carboxylic acids is 1. The lowest BCUT2D eigenvalue weighted by Crippen LogP contribution is -2.00. The summed E-state index contributed by atoms with van der Waals surface area (Å²) in [4.78, 5) is 10.6. The maximum absolute atomic E-state index is 10.6.